The third-order valence-corrected chi connectivity index (χ3v) is 6.60. The molecule has 1 aromatic carbocycles. The number of hydrogen-bond acceptors (Lipinski definition) is 4. The third-order valence-electron chi connectivity index (χ3n) is 4.77. The maximum Gasteiger partial charge on any atom is 0.243 e. The second kappa shape index (κ2) is 6.74. The zero-order chi connectivity index (χ0) is 19.2. The number of imidazole rings is 1. The smallest absolute Gasteiger partial charge is 0.243 e. The molecule has 1 fully saturated rings. The van der Waals surface area contributed by atoms with Crippen molar-refractivity contribution in [2.45, 2.75) is 37.9 Å². The highest BCUT2D eigenvalue weighted by molar-refractivity contribution is 7.89. The van der Waals surface area contributed by atoms with Crippen molar-refractivity contribution in [2.24, 2.45) is 0 Å². The number of sulfonamides is 1. The Bertz CT molecular complexity index is 1080. The summed E-state index contributed by atoms with van der Waals surface area (Å²) in [5, 5.41) is 0. The van der Waals surface area contributed by atoms with Gasteiger partial charge in [0.05, 0.1) is 22.8 Å². The average Bonchev–Trinajstić information content (AvgIpc) is 3.04. The Morgan fingerprint density at radius 2 is 1.85 bits per heavy atom. The molecule has 0 spiro atoms. The van der Waals surface area contributed by atoms with Gasteiger partial charge in [0, 0.05) is 31.0 Å². The fraction of sp³-hybridized carbons (Fsp3) is 0.350. The van der Waals surface area contributed by atoms with Crippen LogP contribution in [0.2, 0.25) is 0 Å². The molecule has 4 rings (SSSR count). The summed E-state index contributed by atoms with van der Waals surface area (Å²) in [5.74, 6) is 0. The lowest BCUT2D eigenvalue weighted by atomic mass is 10.2. The number of fused-ring (bicyclic) bond motifs is 1. The molecule has 1 saturated heterocycles. The number of hydrogen-bond donors (Lipinski definition) is 0. The van der Waals surface area contributed by atoms with Crippen LogP contribution in [0.5, 0.6) is 0 Å². The lowest BCUT2D eigenvalue weighted by Gasteiger charge is -2.34. The van der Waals surface area contributed by atoms with Crippen LogP contribution in [0.15, 0.2) is 53.7 Å². The first kappa shape index (κ1) is 18.2. The van der Waals surface area contributed by atoms with E-state index in [1.807, 2.05) is 55.8 Å². The molecule has 0 saturated carbocycles. The fourth-order valence-electron chi connectivity index (χ4n) is 3.51. The van der Waals surface area contributed by atoms with Crippen molar-refractivity contribution in [2.75, 3.05) is 13.1 Å². The van der Waals surface area contributed by atoms with Gasteiger partial charge in [-0.3, -0.25) is 0 Å². The van der Waals surface area contributed by atoms with Crippen LogP contribution >= 0.6 is 0 Å². The molecule has 3 aromatic rings. The van der Waals surface area contributed by atoms with E-state index in [4.69, 9.17) is 4.74 Å². The predicted molar refractivity (Wildman–Crippen MR) is 104 cm³/mol. The quantitative estimate of drug-likeness (QED) is 0.695. The molecule has 2 unspecified atom stereocenters. The Labute approximate surface area is 159 Å². The van der Waals surface area contributed by atoms with E-state index in [2.05, 4.69) is 4.98 Å². The van der Waals surface area contributed by atoms with Gasteiger partial charge in [0.25, 0.3) is 0 Å². The van der Waals surface area contributed by atoms with Gasteiger partial charge in [0.15, 0.2) is 0 Å². The molecule has 1 aliphatic rings. The topological polar surface area (TPSA) is 63.9 Å². The highest BCUT2D eigenvalue weighted by Gasteiger charge is 2.32. The summed E-state index contributed by atoms with van der Waals surface area (Å²) >= 11 is 0. The van der Waals surface area contributed by atoms with Gasteiger partial charge in [-0.2, -0.15) is 4.31 Å². The van der Waals surface area contributed by atoms with Crippen molar-refractivity contribution in [1.82, 2.24) is 13.7 Å². The molecular weight excluding hydrogens is 362 g/mol. The third kappa shape index (κ3) is 3.50. The SMILES string of the molecule is Cc1ccn2cc(-c3cccc(S(=O)(=O)N4CC(C)OC(C)C4)c3)nc2c1. The zero-order valence-electron chi connectivity index (χ0n) is 15.7. The largest absolute Gasteiger partial charge is 0.373 e. The van der Waals surface area contributed by atoms with Crippen molar-refractivity contribution in [1.29, 1.82) is 0 Å². The molecule has 0 aliphatic carbocycles. The molecule has 27 heavy (non-hydrogen) atoms. The molecule has 0 N–H and O–H groups in total. The molecule has 0 bridgehead atoms. The van der Waals surface area contributed by atoms with Crippen molar-refractivity contribution >= 4 is 15.7 Å². The van der Waals surface area contributed by atoms with Crippen LogP contribution in [-0.2, 0) is 14.8 Å². The molecule has 7 heteroatoms. The molecule has 142 valence electrons. The summed E-state index contributed by atoms with van der Waals surface area (Å²) in [5.41, 5.74) is 3.51. The second-order valence-electron chi connectivity index (χ2n) is 7.20. The monoisotopic (exact) mass is 385 g/mol. The normalized spacial score (nSPS) is 21.6. The van der Waals surface area contributed by atoms with E-state index in [9.17, 15) is 8.42 Å². The zero-order valence-corrected chi connectivity index (χ0v) is 16.5. The van der Waals surface area contributed by atoms with Crippen molar-refractivity contribution < 1.29 is 13.2 Å². The van der Waals surface area contributed by atoms with Gasteiger partial charge in [-0.15, -0.1) is 0 Å². The maximum absolute atomic E-state index is 13.1. The Hall–Kier alpha value is -2.22. The number of nitrogens with zero attached hydrogens (tertiary/aromatic N) is 3. The summed E-state index contributed by atoms with van der Waals surface area (Å²) in [6, 6.07) is 11.0. The minimum atomic E-state index is -3.58. The van der Waals surface area contributed by atoms with E-state index in [1.165, 1.54) is 4.31 Å². The average molecular weight is 385 g/mol. The minimum absolute atomic E-state index is 0.117. The first-order valence-corrected chi connectivity index (χ1v) is 10.5. The highest BCUT2D eigenvalue weighted by atomic mass is 32.2. The summed E-state index contributed by atoms with van der Waals surface area (Å²) in [6.45, 7) is 6.54. The Morgan fingerprint density at radius 3 is 2.59 bits per heavy atom. The summed E-state index contributed by atoms with van der Waals surface area (Å²) in [7, 11) is -3.58. The maximum atomic E-state index is 13.1. The molecule has 3 heterocycles. The number of aryl methyl sites for hydroxylation is 1. The van der Waals surface area contributed by atoms with Gasteiger partial charge >= 0.3 is 0 Å². The van der Waals surface area contributed by atoms with E-state index in [0.717, 1.165) is 22.5 Å². The number of aromatic nitrogens is 2. The van der Waals surface area contributed by atoms with E-state index < -0.39 is 10.0 Å². The Balaban J connectivity index is 1.71. The number of ether oxygens (including phenoxy) is 1. The molecular formula is C20H23N3O3S. The molecule has 6 nitrogen and oxygen atoms in total. The summed E-state index contributed by atoms with van der Waals surface area (Å²) in [6.07, 6.45) is 3.64. The lowest BCUT2D eigenvalue weighted by molar-refractivity contribution is -0.0440. The van der Waals surface area contributed by atoms with Crippen molar-refractivity contribution in [3.05, 3.63) is 54.4 Å². The minimum Gasteiger partial charge on any atom is -0.373 e. The van der Waals surface area contributed by atoms with Crippen molar-refractivity contribution in [3.63, 3.8) is 0 Å². The molecule has 0 radical (unpaired) electrons. The summed E-state index contributed by atoms with van der Waals surface area (Å²) in [4.78, 5) is 4.92. The lowest BCUT2D eigenvalue weighted by Crippen LogP contribution is -2.48. The van der Waals surface area contributed by atoms with Gasteiger partial charge in [0.1, 0.15) is 5.65 Å². The van der Waals surface area contributed by atoms with Gasteiger partial charge in [0.2, 0.25) is 10.0 Å². The molecule has 2 atom stereocenters. The Morgan fingerprint density at radius 1 is 1.11 bits per heavy atom. The van der Waals surface area contributed by atoms with Crippen LogP contribution in [0.25, 0.3) is 16.9 Å². The van der Waals surface area contributed by atoms with Crippen LogP contribution in [0.1, 0.15) is 19.4 Å². The molecule has 2 aromatic heterocycles. The van der Waals surface area contributed by atoms with Gasteiger partial charge in [-0.05, 0) is 50.6 Å². The highest BCUT2D eigenvalue weighted by Crippen LogP contribution is 2.26. The molecule has 0 amide bonds. The van der Waals surface area contributed by atoms with Crippen LogP contribution in [0.3, 0.4) is 0 Å². The van der Waals surface area contributed by atoms with Crippen molar-refractivity contribution in [3.8, 4) is 11.3 Å². The number of morpholine rings is 1. The number of benzene rings is 1. The van der Waals surface area contributed by atoms with Crippen LogP contribution < -0.4 is 0 Å². The van der Waals surface area contributed by atoms with Gasteiger partial charge in [-0.1, -0.05) is 12.1 Å². The van der Waals surface area contributed by atoms with E-state index in [1.54, 1.807) is 18.2 Å². The van der Waals surface area contributed by atoms with E-state index in [-0.39, 0.29) is 17.1 Å². The second-order valence-corrected chi connectivity index (χ2v) is 9.14. The Kier molecular flexibility index (Phi) is 4.53. The first-order chi connectivity index (χ1) is 12.8. The van der Waals surface area contributed by atoms with Crippen LogP contribution in [0, 0.1) is 6.92 Å². The van der Waals surface area contributed by atoms with Gasteiger partial charge < -0.3 is 9.14 Å². The van der Waals surface area contributed by atoms with Crippen LogP contribution in [0.4, 0.5) is 0 Å². The number of rotatable bonds is 3. The predicted octanol–water partition coefficient (Wildman–Crippen LogP) is 3.11. The fourth-order valence-corrected chi connectivity index (χ4v) is 5.15. The van der Waals surface area contributed by atoms with E-state index in [0.29, 0.717) is 13.1 Å². The number of pyridine rings is 1. The van der Waals surface area contributed by atoms with E-state index >= 15 is 0 Å². The standard InChI is InChI=1S/C20H23N3O3S/c1-14-7-8-22-13-19(21-20(22)9-14)17-5-4-6-18(10-17)27(24,25)23-11-15(2)26-16(3)12-23/h4-10,13,15-16H,11-12H2,1-3H3. The first-order valence-electron chi connectivity index (χ1n) is 9.04. The van der Waals surface area contributed by atoms with Crippen LogP contribution in [-0.4, -0.2) is 47.4 Å². The van der Waals surface area contributed by atoms with Gasteiger partial charge in [-0.25, -0.2) is 13.4 Å². The molecule has 1 aliphatic heterocycles. The summed E-state index contributed by atoms with van der Waals surface area (Å²) < 4.78 is 35.4.